The quantitative estimate of drug-likeness (QED) is 0.179. The Hall–Kier alpha value is -1.41. The summed E-state index contributed by atoms with van der Waals surface area (Å²) < 4.78 is 43.3. The highest BCUT2D eigenvalue weighted by atomic mass is 127. The van der Waals surface area contributed by atoms with Gasteiger partial charge in [-0.3, -0.25) is 4.99 Å². The summed E-state index contributed by atoms with van der Waals surface area (Å²) in [6.07, 6.45) is -1.92. The first-order valence-corrected chi connectivity index (χ1v) is 8.66. The van der Waals surface area contributed by atoms with Gasteiger partial charge in [-0.15, -0.1) is 24.0 Å². The Kier molecular flexibility index (Phi) is 10.2. The van der Waals surface area contributed by atoms with Gasteiger partial charge in [-0.2, -0.15) is 13.2 Å². The van der Waals surface area contributed by atoms with E-state index in [9.17, 15) is 18.3 Å². The van der Waals surface area contributed by atoms with E-state index in [4.69, 9.17) is 4.74 Å². The highest BCUT2D eigenvalue weighted by Gasteiger charge is 2.34. The first-order valence-electron chi connectivity index (χ1n) is 8.66. The number of aliphatic imine (C=N–C) groups is 1. The van der Waals surface area contributed by atoms with Crippen LogP contribution in [-0.4, -0.2) is 67.5 Å². The summed E-state index contributed by atoms with van der Waals surface area (Å²) in [7, 11) is 1.63. The third-order valence-corrected chi connectivity index (χ3v) is 4.33. The van der Waals surface area contributed by atoms with Gasteiger partial charge < -0.3 is 25.8 Å². The van der Waals surface area contributed by atoms with Crippen LogP contribution in [0.25, 0.3) is 0 Å². The summed E-state index contributed by atoms with van der Waals surface area (Å²) in [5.41, 5.74) is -1.10. The van der Waals surface area contributed by atoms with Crippen LogP contribution >= 0.6 is 24.0 Å². The number of alkyl halides is 3. The maximum Gasteiger partial charge on any atom is 0.433 e. The second kappa shape index (κ2) is 11.6. The Balaban J connectivity index is 0.00000392. The van der Waals surface area contributed by atoms with E-state index in [1.54, 1.807) is 7.05 Å². The van der Waals surface area contributed by atoms with Crippen molar-refractivity contribution in [1.29, 1.82) is 0 Å². The predicted molar refractivity (Wildman–Crippen MR) is 110 cm³/mol. The van der Waals surface area contributed by atoms with Gasteiger partial charge in [0.15, 0.2) is 5.96 Å². The lowest BCUT2D eigenvalue weighted by molar-refractivity contribution is -0.141. The largest absolute Gasteiger partial charge is 0.433 e. The second-order valence-corrected chi connectivity index (χ2v) is 6.32. The molecule has 1 unspecified atom stereocenters. The van der Waals surface area contributed by atoms with E-state index in [1.165, 1.54) is 0 Å². The maximum atomic E-state index is 12.6. The molecule has 1 aliphatic heterocycles. The molecule has 0 amide bonds. The van der Waals surface area contributed by atoms with Gasteiger partial charge in [0.25, 0.3) is 0 Å². The molecule has 160 valence electrons. The predicted octanol–water partition coefficient (Wildman–Crippen LogP) is 1.48. The molecule has 0 aromatic carbocycles. The van der Waals surface area contributed by atoms with E-state index in [1.807, 2.05) is 0 Å². The molecule has 12 heteroatoms. The van der Waals surface area contributed by atoms with Crippen molar-refractivity contribution in [2.45, 2.75) is 19.0 Å². The van der Waals surface area contributed by atoms with Gasteiger partial charge in [0.05, 0.1) is 6.61 Å². The SMILES string of the molecule is CN=C(NCCNc1nccc(C(F)(F)F)n1)NCC1(CCO)CCOC1.I. The summed E-state index contributed by atoms with van der Waals surface area (Å²) in [5, 5.41) is 18.3. The number of nitrogens with zero attached hydrogens (tertiary/aromatic N) is 3. The van der Waals surface area contributed by atoms with Crippen LogP contribution in [0.15, 0.2) is 17.3 Å². The monoisotopic (exact) mass is 518 g/mol. The Morgan fingerprint density at radius 3 is 2.75 bits per heavy atom. The highest BCUT2D eigenvalue weighted by molar-refractivity contribution is 14.0. The molecule has 2 heterocycles. The fourth-order valence-corrected chi connectivity index (χ4v) is 2.76. The Morgan fingerprint density at radius 2 is 2.14 bits per heavy atom. The molecule has 1 atom stereocenters. The zero-order chi connectivity index (χ0) is 19.8. The van der Waals surface area contributed by atoms with Crippen LogP contribution in [0.1, 0.15) is 18.5 Å². The second-order valence-electron chi connectivity index (χ2n) is 6.32. The maximum absolute atomic E-state index is 12.6. The molecule has 1 aromatic rings. The molecule has 8 nitrogen and oxygen atoms in total. The lowest BCUT2D eigenvalue weighted by atomic mass is 9.84. The van der Waals surface area contributed by atoms with Crippen molar-refractivity contribution in [2.24, 2.45) is 10.4 Å². The highest BCUT2D eigenvalue weighted by Crippen LogP contribution is 2.31. The van der Waals surface area contributed by atoms with Crippen molar-refractivity contribution in [3.63, 3.8) is 0 Å². The third-order valence-electron chi connectivity index (χ3n) is 4.33. The van der Waals surface area contributed by atoms with Crippen molar-refractivity contribution in [2.75, 3.05) is 51.8 Å². The molecule has 0 bridgehead atoms. The van der Waals surface area contributed by atoms with Gasteiger partial charge in [0.2, 0.25) is 5.95 Å². The molecule has 1 aromatic heterocycles. The molecule has 4 N–H and O–H groups in total. The van der Waals surface area contributed by atoms with Crippen molar-refractivity contribution in [3.05, 3.63) is 18.0 Å². The summed E-state index contributed by atoms with van der Waals surface area (Å²) >= 11 is 0. The fraction of sp³-hybridized carbons (Fsp3) is 0.688. The fourth-order valence-electron chi connectivity index (χ4n) is 2.76. The van der Waals surface area contributed by atoms with Crippen molar-refractivity contribution in [1.82, 2.24) is 20.6 Å². The van der Waals surface area contributed by atoms with E-state index < -0.39 is 11.9 Å². The number of anilines is 1. The Bertz CT molecular complexity index is 627. The number of nitrogens with one attached hydrogen (secondary N) is 3. The molecule has 1 fully saturated rings. The van der Waals surface area contributed by atoms with Gasteiger partial charge >= 0.3 is 6.18 Å². The number of halogens is 4. The molecule has 0 saturated carbocycles. The van der Waals surface area contributed by atoms with Crippen LogP contribution < -0.4 is 16.0 Å². The summed E-state index contributed by atoms with van der Waals surface area (Å²) in [5.74, 6) is 0.477. The number of ether oxygens (including phenoxy) is 1. The minimum Gasteiger partial charge on any atom is -0.396 e. The first-order chi connectivity index (χ1) is 12.9. The molecule has 0 radical (unpaired) electrons. The van der Waals surface area contributed by atoms with E-state index in [-0.39, 0.29) is 41.9 Å². The van der Waals surface area contributed by atoms with E-state index in [2.05, 4.69) is 30.9 Å². The topological polar surface area (TPSA) is 104 Å². The van der Waals surface area contributed by atoms with E-state index >= 15 is 0 Å². The number of hydrogen-bond acceptors (Lipinski definition) is 6. The number of aliphatic hydroxyl groups is 1. The van der Waals surface area contributed by atoms with Crippen molar-refractivity contribution >= 4 is 35.9 Å². The van der Waals surface area contributed by atoms with Crippen LogP contribution in [0.2, 0.25) is 0 Å². The minimum absolute atomic E-state index is 0. The van der Waals surface area contributed by atoms with Crippen LogP contribution in [-0.2, 0) is 10.9 Å². The smallest absolute Gasteiger partial charge is 0.396 e. The van der Waals surface area contributed by atoms with Gasteiger partial charge in [-0.05, 0) is 18.9 Å². The van der Waals surface area contributed by atoms with Crippen LogP contribution in [0, 0.1) is 5.41 Å². The van der Waals surface area contributed by atoms with Crippen molar-refractivity contribution < 1.29 is 23.0 Å². The standard InChI is InChI=1S/C16H25F3N6O2.HI/c1-20-13(24-10-15(3-8-26)4-9-27-11-15)22-6-7-23-14-21-5-2-12(25-14)16(17,18)19;/h2,5,26H,3-4,6-11H2,1H3,(H2,20,22,24)(H,21,23,25);1H. The summed E-state index contributed by atoms with van der Waals surface area (Å²) in [4.78, 5) is 11.3. The van der Waals surface area contributed by atoms with E-state index in [0.29, 0.717) is 45.2 Å². The normalized spacial score (nSPS) is 19.8. The zero-order valence-electron chi connectivity index (χ0n) is 15.6. The molecule has 2 rings (SSSR count). The molecular formula is C16H26F3IN6O2. The van der Waals surface area contributed by atoms with Crippen LogP contribution in [0.4, 0.5) is 19.1 Å². The minimum atomic E-state index is -4.50. The van der Waals surface area contributed by atoms with Gasteiger partial charge in [0, 0.05) is 51.5 Å². The zero-order valence-corrected chi connectivity index (χ0v) is 17.9. The molecule has 0 spiro atoms. The number of hydrogen-bond donors (Lipinski definition) is 4. The summed E-state index contributed by atoms with van der Waals surface area (Å²) in [6, 6.07) is 0.824. The average molecular weight is 518 g/mol. The first kappa shape index (κ1) is 24.6. The Morgan fingerprint density at radius 1 is 1.36 bits per heavy atom. The van der Waals surface area contributed by atoms with Crippen molar-refractivity contribution in [3.8, 4) is 0 Å². The van der Waals surface area contributed by atoms with Gasteiger partial charge in [-0.1, -0.05) is 0 Å². The molecule has 0 aliphatic carbocycles. The van der Waals surface area contributed by atoms with Gasteiger partial charge in [0.1, 0.15) is 5.69 Å². The number of aliphatic hydroxyl groups excluding tert-OH is 1. The van der Waals surface area contributed by atoms with Crippen LogP contribution in [0.5, 0.6) is 0 Å². The van der Waals surface area contributed by atoms with Gasteiger partial charge in [-0.25, -0.2) is 9.97 Å². The molecule has 1 aliphatic rings. The summed E-state index contributed by atoms with van der Waals surface area (Å²) in [6.45, 7) is 2.69. The number of guanidine groups is 1. The van der Waals surface area contributed by atoms with E-state index in [0.717, 1.165) is 18.7 Å². The molecule has 1 saturated heterocycles. The van der Waals surface area contributed by atoms with Crippen LogP contribution in [0.3, 0.4) is 0 Å². The number of rotatable bonds is 8. The molecular weight excluding hydrogens is 492 g/mol. The lowest BCUT2D eigenvalue weighted by Crippen LogP contribution is -2.45. The number of aromatic nitrogens is 2. The Labute approximate surface area is 178 Å². The lowest BCUT2D eigenvalue weighted by Gasteiger charge is -2.27. The third kappa shape index (κ3) is 7.54. The average Bonchev–Trinajstić information content (AvgIpc) is 3.10. The molecule has 28 heavy (non-hydrogen) atoms.